The number of halogens is 1. The highest BCUT2D eigenvalue weighted by atomic mass is 35.5. The van der Waals surface area contributed by atoms with Gasteiger partial charge >= 0.3 is 0 Å². The number of piperidine rings is 1. The number of rotatable bonds is 3. The van der Waals surface area contributed by atoms with Gasteiger partial charge in [0.05, 0.1) is 0 Å². The Morgan fingerprint density at radius 1 is 1.13 bits per heavy atom. The van der Waals surface area contributed by atoms with Gasteiger partial charge in [-0.3, -0.25) is 4.79 Å². The van der Waals surface area contributed by atoms with Crippen molar-refractivity contribution in [3.8, 4) is 11.1 Å². The molecule has 120 valence electrons. The summed E-state index contributed by atoms with van der Waals surface area (Å²) in [5.41, 5.74) is 8.56. The fourth-order valence-corrected chi connectivity index (χ4v) is 3.37. The van der Waals surface area contributed by atoms with Gasteiger partial charge in [-0.1, -0.05) is 35.9 Å². The third kappa shape index (κ3) is 3.57. The largest absolute Gasteiger partial charge is 0.334 e. The highest BCUT2D eigenvalue weighted by molar-refractivity contribution is 6.30. The smallest absolute Gasteiger partial charge is 0.254 e. The fourth-order valence-electron chi connectivity index (χ4n) is 3.18. The molecule has 1 heterocycles. The molecule has 1 saturated heterocycles. The van der Waals surface area contributed by atoms with E-state index < -0.39 is 0 Å². The zero-order chi connectivity index (χ0) is 16.2. The average Bonchev–Trinajstić information content (AvgIpc) is 2.61. The van der Waals surface area contributed by atoms with Crippen molar-refractivity contribution >= 4 is 17.5 Å². The molecule has 2 N–H and O–H groups in total. The number of hydrogen-bond acceptors (Lipinski definition) is 2. The third-order valence-electron chi connectivity index (χ3n) is 4.43. The molecule has 0 aliphatic carbocycles. The molecule has 0 bridgehead atoms. The monoisotopic (exact) mass is 328 g/mol. The predicted octanol–water partition coefficient (Wildman–Crippen LogP) is 3.96. The molecule has 1 aliphatic heterocycles. The molecular formula is C19H21ClN2O. The first kappa shape index (κ1) is 16.0. The number of carbonyl (C=O) groups excluding carboxylic acids is 1. The molecule has 0 spiro atoms. The van der Waals surface area contributed by atoms with Crippen LogP contribution in [0.15, 0.2) is 48.5 Å². The molecule has 2 aromatic carbocycles. The number of nitrogens with zero attached hydrogens (tertiary/aromatic N) is 1. The number of amides is 1. The lowest BCUT2D eigenvalue weighted by Crippen LogP contribution is -2.47. The van der Waals surface area contributed by atoms with Crippen LogP contribution in [0.2, 0.25) is 5.02 Å². The van der Waals surface area contributed by atoms with E-state index in [0.717, 1.165) is 36.9 Å². The van der Waals surface area contributed by atoms with E-state index in [-0.39, 0.29) is 11.9 Å². The highest BCUT2D eigenvalue weighted by Gasteiger charge is 2.26. The zero-order valence-electron chi connectivity index (χ0n) is 13.0. The van der Waals surface area contributed by atoms with Crippen molar-refractivity contribution in [3.05, 3.63) is 59.1 Å². The van der Waals surface area contributed by atoms with Crippen LogP contribution in [0.4, 0.5) is 0 Å². The van der Waals surface area contributed by atoms with Crippen LogP contribution in [-0.4, -0.2) is 29.9 Å². The van der Waals surface area contributed by atoms with Crippen LogP contribution in [-0.2, 0) is 0 Å². The van der Waals surface area contributed by atoms with E-state index in [9.17, 15) is 4.79 Å². The van der Waals surface area contributed by atoms with Crippen molar-refractivity contribution in [3.63, 3.8) is 0 Å². The number of hydrogen-bond donors (Lipinski definition) is 1. The van der Waals surface area contributed by atoms with Crippen molar-refractivity contribution in [2.24, 2.45) is 5.73 Å². The first-order chi connectivity index (χ1) is 11.2. The van der Waals surface area contributed by atoms with Crippen molar-refractivity contribution in [2.75, 3.05) is 13.1 Å². The number of carbonyl (C=O) groups is 1. The molecule has 1 aliphatic rings. The molecule has 3 rings (SSSR count). The minimum atomic E-state index is 0.0732. The van der Waals surface area contributed by atoms with Crippen molar-refractivity contribution in [1.82, 2.24) is 4.90 Å². The third-order valence-corrected chi connectivity index (χ3v) is 4.66. The molecule has 0 radical (unpaired) electrons. The Labute approximate surface area is 142 Å². The van der Waals surface area contributed by atoms with Gasteiger partial charge in [0.2, 0.25) is 0 Å². The first-order valence-corrected chi connectivity index (χ1v) is 8.44. The molecule has 1 atom stereocenters. The average molecular weight is 329 g/mol. The van der Waals surface area contributed by atoms with Crippen LogP contribution in [0.5, 0.6) is 0 Å². The maximum Gasteiger partial charge on any atom is 0.254 e. The second-order valence-corrected chi connectivity index (χ2v) is 6.41. The Morgan fingerprint density at radius 3 is 2.61 bits per heavy atom. The summed E-state index contributed by atoms with van der Waals surface area (Å²) in [5, 5.41) is 0.693. The number of likely N-dealkylation sites (tertiary alicyclic amines) is 1. The van der Waals surface area contributed by atoms with Crippen molar-refractivity contribution < 1.29 is 4.79 Å². The second-order valence-electron chi connectivity index (χ2n) is 5.98. The van der Waals surface area contributed by atoms with Gasteiger partial charge in [0, 0.05) is 29.7 Å². The van der Waals surface area contributed by atoms with Gasteiger partial charge in [-0.2, -0.15) is 0 Å². The molecule has 1 amide bonds. The van der Waals surface area contributed by atoms with Gasteiger partial charge in [0.15, 0.2) is 0 Å². The number of benzene rings is 2. The maximum atomic E-state index is 12.9. The highest BCUT2D eigenvalue weighted by Crippen LogP contribution is 2.25. The van der Waals surface area contributed by atoms with E-state index >= 15 is 0 Å². The summed E-state index contributed by atoms with van der Waals surface area (Å²) < 4.78 is 0. The van der Waals surface area contributed by atoms with E-state index in [1.54, 1.807) is 0 Å². The molecule has 0 aromatic heterocycles. The van der Waals surface area contributed by atoms with Crippen LogP contribution in [0.3, 0.4) is 0 Å². The van der Waals surface area contributed by atoms with Gasteiger partial charge < -0.3 is 10.6 Å². The minimum Gasteiger partial charge on any atom is -0.334 e. The molecule has 23 heavy (non-hydrogen) atoms. The van der Waals surface area contributed by atoms with E-state index in [2.05, 4.69) is 0 Å². The Kier molecular flexibility index (Phi) is 4.99. The summed E-state index contributed by atoms with van der Waals surface area (Å²) in [7, 11) is 0. The fraction of sp³-hybridized carbons (Fsp3) is 0.316. The Morgan fingerprint density at radius 2 is 1.87 bits per heavy atom. The lowest BCUT2D eigenvalue weighted by Gasteiger charge is -2.35. The van der Waals surface area contributed by atoms with Crippen molar-refractivity contribution in [2.45, 2.75) is 25.3 Å². The zero-order valence-corrected chi connectivity index (χ0v) is 13.8. The summed E-state index contributed by atoms with van der Waals surface area (Å²) in [6, 6.07) is 15.6. The van der Waals surface area contributed by atoms with Gasteiger partial charge in [0.25, 0.3) is 5.91 Å². The summed E-state index contributed by atoms with van der Waals surface area (Å²) in [4.78, 5) is 14.8. The SMILES string of the molecule is NC[C@H]1CCCCN1C(=O)c1cccc(-c2cccc(Cl)c2)c1. The predicted molar refractivity (Wildman–Crippen MR) is 94.6 cm³/mol. The topological polar surface area (TPSA) is 46.3 Å². The Hall–Kier alpha value is -1.84. The van der Waals surface area contributed by atoms with Gasteiger partial charge in [-0.25, -0.2) is 0 Å². The maximum absolute atomic E-state index is 12.9. The molecule has 0 unspecified atom stereocenters. The Bertz CT molecular complexity index is 701. The molecule has 0 saturated carbocycles. The summed E-state index contributed by atoms with van der Waals surface area (Å²) >= 11 is 6.07. The van der Waals surface area contributed by atoms with E-state index in [4.69, 9.17) is 17.3 Å². The molecular weight excluding hydrogens is 308 g/mol. The lowest BCUT2D eigenvalue weighted by atomic mass is 9.99. The van der Waals surface area contributed by atoms with Gasteiger partial charge in [-0.15, -0.1) is 0 Å². The quantitative estimate of drug-likeness (QED) is 0.927. The minimum absolute atomic E-state index is 0.0732. The molecule has 1 fully saturated rings. The van der Waals surface area contributed by atoms with Crippen LogP contribution in [0.1, 0.15) is 29.6 Å². The lowest BCUT2D eigenvalue weighted by molar-refractivity contribution is 0.0623. The second kappa shape index (κ2) is 7.16. The normalized spacial score (nSPS) is 18.0. The van der Waals surface area contributed by atoms with Crippen LogP contribution >= 0.6 is 11.6 Å². The standard InChI is InChI=1S/C19H21ClN2O/c20-17-8-4-6-15(12-17)14-5-3-7-16(11-14)19(23)22-10-2-1-9-18(22)13-21/h3-8,11-12,18H,1-2,9-10,13,21H2/t18-/m1/s1. The Balaban J connectivity index is 1.88. The first-order valence-electron chi connectivity index (χ1n) is 8.06. The van der Waals surface area contributed by atoms with Gasteiger partial charge in [-0.05, 0) is 54.7 Å². The van der Waals surface area contributed by atoms with Gasteiger partial charge in [0.1, 0.15) is 0 Å². The summed E-state index contributed by atoms with van der Waals surface area (Å²) in [5.74, 6) is 0.0732. The van der Waals surface area contributed by atoms with E-state index in [0.29, 0.717) is 17.1 Å². The molecule has 2 aromatic rings. The molecule has 4 heteroatoms. The van der Waals surface area contributed by atoms with Crippen LogP contribution in [0, 0.1) is 0 Å². The summed E-state index contributed by atoms with van der Waals surface area (Å²) in [6.07, 6.45) is 3.20. The van der Waals surface area contributed by atoms with E-state index in [1.807, 2.05) is 53.4 Å². The number of nitrogens with two attached hydrogens (primary N) is 1. The van der Waals surface area contributed by atoms with E-state index in [1.165, 1.54) is 0 Å². The van der Waals surface area contributed by atoms with Crippen LogP contribution < -0.4 is 5.73 Å². The van der Waals surface area contributed by atoms with Crippen molar-refractivity contribution in [1.29, 1.82) is 0 Å². The summed E-state index contributed by atoms with van der Waals surface area (Å²) in [6.45, 7) is 1.32. The van der Waals surface area contributed by atoms with Crippen LogP contribution in [0.25, 0.3) is 11.1 Å². The molecule has 3 nitrogen and oxygen atoms in total.